The Morgan fingerprint density at radius 3 is 2.24 bits per heavy atom. The summed E-state index contributed by atoms with van der Waals surface area (Å²) in [5.74, 6) is 1.41. The largest absolute Gasteiger partial charge is 0.351 e. The van der Waals surface area contributed by atoms with Crippen molar-refractivity contribution in [3.63, 3.8) is 0 Å². The number of sulfonamides is 1. The Kier molecular flexibility index (Phi) is 9.05. The van der Waals surface area contributed by atoms with Gasteiger partial charge >= 0.3 is 0 Å². The Hall–Kier alpha value is -2.48. The first-order chi connectivity index (χ1) is 16.2. The van der Waals surface area contributed by atoms with Gasteiger partial charge in [0, 0.05) is 28.6 Å². The van der Waals surface area contributed by atoms with Crippen LogP contribution in [-0.4, -0.2) is 32.9 Å². The van der Waals surface area contributed by atoms with Gasteiger partial charge in [0.1, 0.15) is 0 Å². The molecule has 3 aromatic rings. The average molecular weight is 517 g/mol. The summed E-state index contributed by atoms with van der Waals surface area (Å²) in [5, 5.41) is 3.68. The van der Waals surface area contributed by atoms with Crippen LogP contribution in [0.4, 0.5) is 5.69 Å². The molecule has 0 heterocycles. The maximum atomic E-state index is 12.5. The number of hydrogen-bond acceptors (Lipinski definition) is 4. The fourth-order valence-electron chi connectivity index (χ4n) is 3.62. The first-order valence-electron chi connectivity index (χ1n) is 10.9. The summed E-state index contributed by atoms with van der Waals surface area (Å²) in [6.45, 7) is 4.55. The molecule has 0 bridgehead atoms. The molecule has 3 aromatic carbocycles. The Bertz CT molecular complexity index is 1220. The van der Waals surface area contributed by atoms with Gasteiger partial charge in [-0.1, -0.05) is 60.1 Å². The summed E-state index contributed by atoms with van der Waals surface area (Å²) in [4.78, 5) is 12.5. The molecule has 0 unspecified atom stereocenters. The van der Waals surface area contributed by atoms with E-state index in [1.165, 1.54) is 10.6 Å². The summed E-state index contributed by atoms with van der Waals surface area (Å²) in [5.41, 5.74) is 4.92. The van der Waals surface area contributed by atoms with Crippen molar-refractivity contribution in [2.45, 2.75) is 26.1 Å². The van der Waals surface area contributed by atoms with Gasteiger partial charge in [-0.2, -0.15) is 11.8 Å². The highest BCUT2D eigenvalue weighted by atomic mass is 35.5. The second kappa shape index (κ2) is 11.8. The minimum atomic E-state index is -3.48. The number of carbonyl (C=O) groups excluding carboxylic acids is 1. The summed E-state index contributed by atoms with van der Waals surface area (Å²) < 4.78 is 26.5. The number of thioether (sulfide) groups is 1. The maximum Gasteiger partial charge on any atom is 0.251 e. The monoisotopic (exact) mass is 516 g/mol. The van der Waals surface area contributed by atoms with Gasteiger partial charge in [0.05, 0.1) is 18.5 Å². The Balaban J connectivity index is 1.57. The van der Waals surface area contributed by atoms with Crippen LogP contribution in [0.1, 0.15) is 32.6 Å². The molecule has 180 valence electrons. The highest BCUT2D eigenvalue weighted by Gasteiger charge is 2.21. The molecule has 0 aromatic heterocycles. The first kappa shape index (κ1) is 26.1. The van der Waals surface area contributed by atoms with Crippen LogP contribution in [0.25, 0.3) is 0 Å². The SMILES string of the molecule is Cc1cccc(C)c1N(Cc1ccc(C(=O)NCCSCc2ccccc2Cl)cc1)S(C)(=O)=O. The zero-order valence-corrected chi connectivity index (χ0v) is 21.9. The number of aryl methyl sites for hydroxylation is 2. The molecule has 0 aliphatic heterocycles. The standard InChI is InChI=1S/C26H29ClN2O3S2/c1-19-7-6-8-20(2)25(19)29(34(3,31)32)17-21-11-13-22(14-12-21)26(30)28-15-16-33-18-23-9-4-5-10-24(23)27/h4-14H,15-18H2,1-3H3,(H,28,30). The van der Waals surface area contributed by atoms with Crippen molar-refractivity contribution in [2.24, 2.45) is 0 Å². The van der Waals surface area contributed by atoms with E-state index in [9.17, 15) is 13.2 Å². The number of nitrogens with one attached hydrogen (secondary N) is 1. The lowest BCUT2D eigenvalue weighted by molar-refractivity contribution is 0.0956. The van der Waals surface area contributed by atoms with Crippen molar-refractivity contribution < 1.29 is 13.2 Å². The Labute approximate surface area is 211 Å². The number of nitrogens with zero attached hydrogens (tertiary/aromatic N) is 1. The van der Waals surface area contributed by atoms with E-state index in [-0.39, 0.29) is 12.5 Å². The van der Waals surface area contributed by atoms with E-state index in [2.05, 4.69) is 5.32 Å². The average Bonchev–Trinajstić information content (AvgIpc) is 2.79. The van der Waals surface area contributed by atoms with Crippen LogP contribution >= 0.6 is 23.4 Å². The molecule has 0 aliphatic rings. The van der Waals surface area contributed by atoms with Gasteiger partial charge in [0.25, 0.3) is 5.91 Å². The van der Waals surface area contributed by atoms with E-state index in [4.69, 9.17) is 11.6 Å². The predicted octanol–water partition coefficient (Wildman–Crippen LogP) is 5.59. The zero-order valence-electron chi connectivity index (χ0n) is 19.5. The van der Waals surface area contributed by atoms with Gasteiger partial charge in [-0.05, 0) is 54.3 Å². The maximum absolute atomic E-state index is 12.5. The van der Waals surface area contributed by atoms with Crippen LogP contribution in [0.3, 0.4) is 0 Å². The highest BCUT2D eigenvalue weighted by molar-refractivity contribution is 7.98. The Morgan fingerprint density at radius 1 is 0.971 bits per heavy atom. The molecule has 34 heavy (non-hydrogen) atoms. The van der Waals surface area contributed by atoms with Crippen molar-refractivity contribution in [1.82, 2.24) is 5.32 Å². The molecular formula is C26H29ClN2O3S2. The number of para-hydroxylation sites is 1. The number of carbonyl (C=O) groups is 1. The van der Waals surface area contributed by atoms with Crippen LogP contribution in [0.5, 0.6) is 0 Å². The molecule has 5 nitrogen and oxygen atoms in total. The van der Waals surface area contributed by atoms with Gasteiger partial charge < -0.3 is 5.32 Å². The van der Waals surface area contributed by atoms with Crippen LogP contribution in [-0.2, 0) is 22.3 Å². The number of benzene rings is 3. The van der Waals surface area contributed by atoms with Gasteiger partial charge in [-0.15, -0.1) is 0 Å². The minimum absolute atomic E-state index is 0.153. The van der Waals surface area contributed by atoms with Crippen molar-refractivity contribution in [3.8, 4) is 0 Å². The predicted molar refractivity (Wildman–Crippen MR) is 143 cm³/mol. The first-order valence-corrected chi connectivity index (χ1v) is 14.3. The van der Waals surface area contributed by atoms with E-state index in [0.717, 1.165) is 38.8 Å². The number of anilines is 1. The lowest BCUT2D eigenvalue weighted by Crippen LogP contribution is -2.30. The summed E-state index contributed by atoms with van der Waals surface area (Å²) in [7, 11) is -3.48. The van der Waals surface area contributed by atoms with Crippen molar-refractivity contribution in [2.75, 3.05) is 22.9 Å². The third-order valence-electron chi connectivity index (χ3n) is 5.38. The third kappa shape index (κ3) is 7.01. The Morgan fingerprint density at radius 2 is 1.62 bits per heavy atom. The molecular weight excluding hydrogens is 488 g/mol. The minimum Gasteiger partial charge on any atom is -0.351 e. The normalized spacial score (nSPS) is 11.3. The molecule has 0 aliphatic carbocycles. The quantitative estimate of drug-likeness (QED) is 0.357. The molecule has 1 N–H and O–H groups in total. The summed E-state index contributed by atoms with van der Waals surface area (Å²) in [6.07, 6.45) is 1.21. The topological polar surface area (TPSA) is 66.5 Å². The molecule has 0 fully saturated rings. The van der Waals surface area contributed by atoms with Crippen LogP contribution < -0.4 is 9.62 Å². The molecule has 0 radical (unpaired) electrons. The summed E-state index contributed by atoms with van der Waals surface area (Å²) >= 11 is 7.88. The molecule has 0 spiro atoms. The molecule has 0 atom stereocenters. The molecule has 3 rings (SSSR count). The van der Waals surface area contributed by atoms with E-state index >= 15 is 0 Å². The van der Waals surface area contributed by atoms with E-state index in [1.807, 2.05) is 56.3 Å². The van der Waals surface area contributed by atoms with E-state index in [1.54, 1.807) is 36.0 Å². The molecule has 0 saturated heterocycles. The molecule has 8 heteroatoms. The number of hydrogen-bond donors (Lipinski definition) is 1. The lowest BCUT2D eigenvalue weighted by atomic mass is 10.1. The molecule has 0 saturated carbocycles. The number of rotatable bonds is 10. The zero-order chi connectivity index (χ0) is 24.7. The number of halogens is 1. The van der Waals surface area contributed by atoms with Gasteiger partial charge in [0.15, 0.2) is 0 Å². The van der Waals surface area contributed by atoms with E-state index in [0.29, 0.717) is 17.8 Å². The van der Waals surface area contributed by atoms with Gasteiger partial charge in [-0.3, -0.25) is 9.10 Å². The lowest BCUT2D eigenvalue weighted by Gasteiger charge is -2.26. The van der Waals surface area contributed by atoms with Crippen LogP contribution in [0, 0.1) is 13.8 Å². The van der Waals surface area contributed by atoms with Crippen molar-refractivity contribution in [1.29, 1.82) is 0 Å². The molecule has 1 amide bonds. The smallest absolute Gasteiger partial charge is 0.251 e. The van der Waals surface area contributed by atoms with Gasteiger partial charge in [-0.25, -0.2) is 8.42 Å². The highest BCUT2D eigenvalue weighted by Crippen LogP contribution is 2.28. The fraction of sp³-hybridized carbons (Fsp3) is 0.269. The fourth-order valence-corrected chi connectivity index (χ4v) is 5.77. The van der Waals surface area contributed by atoms with Crippen LogP contribution in [0.15, 0.2) is 66.7 Å². The second-order valence-corrected chi connectivity index (χ2v) is 11.5. The van der Waals surface area contributed by atoms with Crippen molar-refractivity contribution in [3.05, 3.63) is 99.6 Å². The van der Waals surface area contributed by atoms with Gasteiger partial charge in [0.2, 0.25) is 10.0 Å². The van der Waals surface area contributed by atoms with Crippen molar-refractivity contribution >= 4 is 45.0 Å². The van der Waals surface area contributed by atoms with E-state index < -0.39 is 10.0 Å². The third-order valence-corrected chi connectivity index (χ3v) is 7.87. The van der Waals surface area contributed by atoms with Crippen LogP contribution in [0.2, 0.25) is 5.02 Å². The number of amides is 1. The second-order valence-electron chi connectivity index (χ2n) is 8.11. The summed E-state index contributed by atoms with van der Waals surface area (Å²) in [6, 6.07) is 20.5.